The Morgan fingerprint density at radius 2 is 2.05 bits per heavy atom. The van der Waals surface area contributed by atoms with Crippen molar-refractivity contribution >= 4 is 27.3 Å². The van der Waals surface area contributed by atoms with E-state index >= 15 is 0 Å². The Morgan fingerprint density at radius 3 is 2.58 bits per heavy atom. The fourth-order valence-electron chi connectivity index (χ4n) is 3.25. The van der Waals surface area contributed by atoms with E-state index in [0.29, 0.717) is 11.5 Å². The van der Waals surface area contributed by atoms with Crippen LogP contribution in [-0.4, -0.2) is 6.54 Å². The molecule has 1 heterocycles. The van der Waals surface area contributed by atoms with Gasteiger partial charge >= 0.3 is 0 Å². The first-order chi connectivity index (χ1) is 9.07. The third-order valence-electron chi connectivity index (χ3n) is 4.45. The molecule has 0 spiro atoms. The number of hydrogen-bond donors (Lipinski definition) is 1. The fourth-order valence-corrected chi connectivity index (χ4v) is 5.08. The van der Waals surface area contributed by atoms with Crippen molar-refractivity contribution in [1.29, 1.82) is 0 Å². The molecule has 1 nitrogen and oxygen atoms in total. The van der Waals surface area contributed by atoms with Gasteiger partial charge in [-0.15, -0.1) is 11.3 Å². The van der Waals surface area contributed by atoms with E-state index in [1.807, 2.05) is 11.3 Å². The predicted molar refractivity (Wildman–Crippen MR) is 89.0 cm³/mol. The Bertz CT molecular complexity index is 387. The molecule has 3 heteroatoms. The molecule has 0 radical (unpaired) electrons. The SMILES string of the molecule is CCCNC(c1cc(C)c(Br)s1)C1(C)CCCCC1. The smallest absolute Gasteiger partial charge is 0.0731 e. The summed E-state index contributed by atoms with van der Waals surface area (Å²) in [6.45, 7) is 8.06. The summed E-state index contributed by atoms with van der Waals surface area (Å²) in [6.07, 6.45) is 8.14. The normalized spacial score (nSPS) is 20.4. The highest BCUT2D eigenvalue weighted by Gasteiger charge is 2.36. The molecule has 1 aliphatic carbocycles. The van der Waals surface area contributed by atoms with Gasteiger partial charge in [-0.3, -0.25) is 0 Å². The van der Waals surface area contributed by atoms with Crippen molar-refractivity contribution in [2.75, 3.05) is 6.54 Å². The average molecular weight is 344 g/mol. The lowest BCUT2D eigenvalue weighted by Crippen LogP contribution is -2.37. The van der Waals surface area contributed by atoms with E-state index < -0.39 is 0 Å². The van der Waals surface area contributed by atoms with Crippen LogP contribution in [0.3, 0.4) is 0 Å². The maximum atomic E-state index is 3.83. The zero-order valence-corrected chi connectivity index (χ0v) is 14.8. The second kappa shape index (κ2) is 6.73. The maximum Gasteiger partial charge on any atom is 0.0731 e. The quantitative estimate of drug-likeness (QED) is 0.708. The molecule has 1 aliphatic rings. The lowest BCUT2D eigenvalue weighted by Gasteiger charge is -2.41. The van der Waals surface area contributed by atoms with E-state index in [1.165, 1.54) is 52.8 Å². The Morgan fingerprint density at radius 1 is 1.37 bits per heavy atom. The molecule has 1 aromatic heterocycles. The van der Waals surface area contributed by atoms with Gasteiger partial charge in [0.25, 0.3) is 0 Å². The largest absolute Gasteiger partial charge is 0.309 e. The van der Waals surface area contributed by atoms with Crippen molar-refractivity contribution in [3.8, 4) is 0 Å². The molecule has 0 bridgehead atoms. The average Bonchev–Trinajstić information content (AvgIpc) is 2.70. The molecule has 0 aliphatic heterocycles. The monoisotopic (exact) mass is 343 g/mol. The molecular formula is C16H26BrNS. The van der Waals surface area contributed by atoms with Gasteiger partial charge < -0.3 is 5.32 Å². The molecule has 1 atom stereocenters. The predicted octanol–water partition coefficient (Wildman–Crippen LogP) is 5.83. The van der Waals surface area contributed by atoms with E-state index in [1.54, 1.807) is 0 Å². The number of aryl methyl sites for hydroxylation is 1. The van der Waals surface area contributed by atoms with Crippen LogP contribution in [0.2, 0.25) is 0 Å². The Labute approximate surface area is 130 Å². The summed E-state index contributed by atoms with van der Waals surface area (Å²) in [7, 11) is 0. The molecule has 1 aromatic rings. The first kappa shape index (κ1) is 15.5. The Hall–Kier alpha value is 0.140. The van der Waals surface area contributed by atoms with Crippen LogP contribution in [0.15, 0.2) is 9.85 Å². The zero-order valence-electron chi connectivity index (χ0n) is 12.4. The molecule has 108 valence electrons. The molecule has 0 saturated heterocycles. The molecule has 1 fully saturated rings. The van der Waals surface area contributed by atoms with Gasteiger partial charge in [0, 0.05) is 10.9 Å². The van der Waals surface area contributed by atoms with Crippen LogP contribution in [0.5, 0.6) is 0 Å². The van der Waals surface area contributed by atoms with Gasteiger partial charge in [-0.2, -0.15) is 0 Å². The summed E-state index contributed by atoms with van der Waals surface area (Å²) in [5.41, 5.74) is 1.81. The van der Waals surface area contributed by atoms with Gasteiger partial charge in [-0.1, -0.05) is 33.1 Å². The van der Waals surface area contributed by atoms with Crippen LogP contribution >= 0.6 is 27.3 Å². The first-order valence-corrected chi connectivity index (χ1v) is 9.17. The van der Waals surface area contributed by atoms with Crippen LogP contribution in [-0.2, 0) is 0 Å². The third-order valence-corrected chi connectivity index (χ3v) is 6.65. The van der Waals surface area contributed by atoms with E-state index in [0.717, 1.165) is 6.54 Å². The third kappa shape index (κ3) is 3.62. The van der Waals surface area contributed by atoms with Crippen LogP contribution in [0.25, 0.3) is 0 Å². The second-order valence-corrected chi connectivity index (χ2v) is 8.61. The Balaban J connectivity index is 2.23. The molecule has 1 saturated carbocycles. The van der Waals surface area contributed by atoms with Gasteiger partial charge in [-0.25, -0.2) is 0 Å². The van der Waals surface area contributed by atoms with Gasteiger partial charge in [0.2, 0.25) is 0 Å². The van der Waals surface area contributed by atoms with Crippen LogP contribution in [0.1, 0.15) is 68.9 Å². The van der Waals surface area contributed by atoms with Crippen molar-refractivity contribution in [3.05, 3.63) is 20.3 Å². The zero-order chi connectivity index (χ0) is 13.9. The first-order valence-electron chi connectivity index (χ1n) is 7.56. The highest BCUT2D eigenvalue weighted by molar-refractivity contribution is 9.11. The molecule has 0 aromatic carbocycles. The number of thiophene rings is 1. The van der Waals surface area contributed by atoms with Crippen molar-refractivity contribution in [3.63, 3.8) is 0 Å². The molecule has 2 rings (SSSR count). The summed E-state index contributed by atoms with van der Waals surface area (Å²) in [4.78, 5) is 1.52. The number of hydrogen-bond acceptors (Lipinski definition) is 2. The molecular weight excluding hydrogens is 318 g/mol. The molecule has 1 N–H and O–H groups in total. The molecule has 0 amide bonds. The van der Waals surface area contributed by atoms with Crippen molar-refractivity contribution in [2.24, 2.45) is 5.41 Å². The van der Waals surface area contributed by atoms with Gasteiger partial charge in [0.1, 0.15) is 0 Å². The summed E-state index contributed by atoms with van der Waals surface area (Å²) >= 11 is 5.60. The maximum absolute atomic E-state index is 3.83. The van der Waals surface area contributed by atoms with Gasteiger partial charge in [0.15, 0.2) is 0 Å². The summed E-state index contributed by atoms with van der Waals surface area (Å²) in [6, 6.07) is 2.91. The van der Waals surface area contributed by atoms with Crippen LogP contribution in [0, 0.1) is 12.3 Å². The number of halogens is 1. The van der Waals surface area contributed by atoms with E-state index in [9.17, 15) is 0 Å². The van der Waals surface area contributed by atoms with E-state index in [-0.39, 0.29) is 0 Å². The lowest BCUT2D eigenvalue weighted by atomic mass is 9.70. The molecule has 1 unspecified atom stereocenters. The highest BCUT2D eigenvalue weighted by atomic mass is 79.9. The summed E-state index contributed by atoms with van der Waals surface area (Å²) in [5, 5.41) is 3.83. The van der Waals surface area contributed by atoms with Gasteiger partial charge in [0.05, 0.1) is 3.79 Å². The minimum atomic E-state index is 0.435. The van der Waals surface area contributed by atoms with E-state index in [4.69, 9.17) is 0 Å². The van der Waals surface area contributed by atoms with Crippen molar-refractivity contribution < 1.29 is 0 Å². The highest BCUT2D eigenvalue weighted by Crippen LogP contribution is 2.48. The van der Waals surface area contributed by atoms with Crippen molar-refractivity contribution in [2.45, 2.75) is 65.3 Å². The standard InChI is InChI=1S/C16H26BrNS/c1-4-10-18-14(13-11-12(2)15(17)19-13)16(3)8-6-5-7-9-16/h11,14,18H,4-10H2,1-3H3. The summed E-state index contributed by atoms with van der Waals surface area (Å²) in [5.74, 6) is 0. The minimum Gasteiger partial charge on any atom is -0.309 e. The van der Waals surface area contributed by atoms with Crippen LogP contribution in [0.4, 0.5) is 0 Å². The number of rotatable bonds is 5. The van der Waals surface area contributed by atoms with Crippen LogP contribution < -0.4 is 5.32 Å². The van der Waals surface area contributed by atoms with Gasteiger partial charge in [-0.05, 0) is 65.7 Å². The topological polar surface area (TPSA) is 12.0 Å². The Kier molecular flexibility index (Phi) is 5.50. The summed E-state index contributed by atoms with van der Waals surface area (Å²) < 4.78 is 1.30. The fraction of sp³-hybridized carbons (Fsp3) is 0.750. The number of nitrogens with one attached hydrogen (secondary N) is 1. The second-order valence-electron chi connectivity index (χ2n) is 6.21. The lowest BCUT2D eigenvalue weighted by molar-refractivity contribution is 0.147. The van der Waals surface area contributed by atoms with Crippen molar-refractivity contribution in [1.82, 2.24) is 5.32 Å². The molecule has 19 heavy (non-hydrogen) atoms. The minimum absolute atomic E-state index is 0.435. The van der Waals surface area contributed by atoms with E-state index in [2.05, 4.69) is 48.1 Å².